The quantitative estimate of drug-likeness (QED) is 0.432. The fourth-order valence-corrected chi connectivity index (χ4v) is 3.50. The Hall–Kier alpha value is -2.32. The summed E-state index contributed by atoms with van der Waals surface area (Å²) in [6.07, 6.45) is 2.93. The molecule has 1 amide bonds. The van der Waals surface area contributed by atoms with Crippen LogP contribution >= 0.6 is 0 Å². The van der Waals surface area contributed by atoms with Crippen LogP contribution in [-0.4, -0.2) is 76.5 Å². The van der Waals surface area contributed by atoms with Crippen LogP contribution in [0.15, 0.2) is 18.2 Å². The predicted octanol–water partition coefficient (Wildman–Crippen LogP) is 2.26. The summed E-state index contributed by atoms with van der Waals surface area (Å²) in [6, 6.07) is 5.55. The lowest BCUT2D eigenvalue weighted by Crippen LogP contribution is -2.43. The third-order valence-electron chi connectivity index (χ3n) is 5.41. The normalized spacial score (nSPS) is 16.0. The molecule has 8 heteroatoms. The van der Waals surface area contributed by atoms with Gasteiger partial charge < -0.3 is 29.2 Å². The maximum absolute atomic E-state index is 12.5. The zero-order valence-corrected chi connectivity index (χ0v) is 18.4. The molecule has 0 spiro atoms. The van der Waals surface area contributed by atoms with Crippen LogP contribution in [0.4, 0.5) is 0 Å². The third-order valence-corrected chi connectivity index (χ3v) is 5.41. The standard InChI is InChI=1S/C22H34N2O6/c1-16(5-8-21(25)29-4)24-12-9-17(10-13-24)30-20-15-18(28-3)6-7-19(20)22(26)23-11-14-27-2/h6-7,15-17H,5,8-14H2,1-4H3,(H,23,26)/t16-/m0/s1. The zero-order valence-electron chi connectivity index (χ0n) is 18.4. The highest BCUT2D eigenvalue weighted by Gasteiger charge is 2.25. The number of methoxy groups -OCH3 is 3. The molecule has 1 aromatic carbocycles. The molecular formula is C22H34N2O6. The lowest BCUT2D eigenvalue weighted by molar-refractivity contribution is -0.141. The van der Waals surface area contributed by atoms with E-state index in [9.17, 15) is 9.59 Å². The fraction of sp³-hybridized carbons (Fsp3) is 0.636. The number of rotatable bonds is 11. The van der Waals surface area contributed by atoms with Gasteiger partial charge in [-0.25, -0.2) is 0 Å². The van der Waals surface area contributed by atoms with E-state index in [1.54, 1.807) is 32.4 Å². The Morgan fingerprint density at radius 1 is 1.20 bits per heavy atom. The first kappa shape index (κ1) is 24.0. The Bertz CT molecular complexity index is 688. The molecule has 168 valence electrons. The number of carbonyl (C=O) groups excluding carboxylic acids is 2. The van der Waals surface area contributed by atoms with Crippen LogP contribution in [0.2, 0.25) is 0 Å². The van der Waals surface area contributed by atoms with Crippen LogP contribution < -0.4 is 14.8 Å². The van der Waals surface area contributed by atoms with Gasteiger partial charge in [0.15, 0.2) is 0 Å². The number of likely N-dealkylation sites (tertiary alicyclic amines) is 1. The SMILES string of the molecule is COCCNC(=O)c1ccc(OC)cc1OC1CCN([C@@H](C)CCC(=O)OC)CC1. The highest BCUT2D eigenvalue weighted by Crippen LogP contribution is 2.28. The Morgan fingerprint density at radius 3 is 2.57 bits per heavy atom. The lowest BCUT2D eigenvalue weighted by Gasteiger charge is -2.36. The number of nitrogens with zero attached hydrogens (tertiary/aromatic N) is 1. The number of esters is 1. The number of nitrogens with one attached hydrogen (secondary N) is 1. The monoisotopic (exact) mass is 422 g/mol. The first-order valence-electron chi connectivity index (χ1n) is 10.4. The molecule has 30 heavy (non-hydrogen) atoms. The summed E-state index contributed by atoms with van der Waals surface area (Å²) in [7, 11) is 4.60. The van der Waals surface area contributed by atoms with Gasteiger partial charge in [0.1, 0.15) is 17.6 Å². The minimum atomic E-state index is -0.196. The molecule has 1 atom stereocenters. The molecular weight excluding hydrogens is 388 g/mol. The highest BCUT2D eigenvalue weighted by atomic mass is 16.5. The summed E-state index contributed by atoms with van der Waals surface area (Å²) < 4.78 is 21.2. The van der Waals surface area contributed by atoms with Crippen LogP contribution in [0.25, 0.3) is 0 Å². The molecule has 8 nitrogen and oxygen atoms in total. The molecule has 1 heterocycles. The topological polar surface area (TPSA) is 86.3 Å². The van der Waals surface area contributed by atoms with Crippen molar-refractivity contribution in [1.29, 1.82) is 0 Å². The summed E-state index contributed by atoms with van der Waals surface area (Å²) in [5.74, 6) is 0.807. The first-order valence-corrected chi connectivity index (χ1v) is 10.4. The van der Waals surface area contributed by atoms with Crippen molar-refractivity contribution in [3.63, 3.8) is 0 Å². The minimum absolute atomic E-state index is 0.0201. The summed E-state index contributed by atoms with van der Waals surface area (Å²) >= 11 is 0. The van der Waals surface area contributed by atoms with E-state index >= 15 is 0 Å². The number of carbonyl (C=O) groups is 2. The van der Waals surface area contributed by atoms with E-state index < -0.39 is 0 Å². The maximum Gasteiger partial charge on any atom is 0.305 e. The van der Waals surface area contributed by atoms with Gasteiger partial charge >= 0.3 is 5.97 Å². The smallest absolute Gasteiger partial charge is 0.305 e. The third kappa shape index (κ3) is 7.18. The largest absolute Gasteiger partial charge is 0.497 e. The molecule has 0 aromatic heterocycles. The van der Waals surface area contributed by atoms with Crippen molar-refractivity contribution in [2.45, 2.75) is 44.8 Å². The van der Waals surface area contributed by atoms with Crippen LogP contribution in [0, 0.1) is 0 Å². The summed E-state index contributed by atoms with van der Waals surface area (Å²) in [4.78, 5) is 26.3. The molecule has 0 bridgehead atoms. The molecule has 0 saturated carbocycles. The number of ether oxygens (including phenoxy) is 4. The average molecular weight is 423 g/mol. The molecule has 1 aromatic rings. The summed E-state index contributed by atoms with van der Waals surface area (Å²) in [5.41, 5.74) is 0.487. The van der Waals surface area contributed by atoms with Gasteiger partial charge in [0.2, 0.25) is 0 Å². The van der Waals surface area contributed by atoms with E-state index in [4.69, 9.17) is 18.9 Å². The van der Waals surface area contributed by atoms with Crippen LogP contribution in [-0.2, 0) is 14.3 Å². The van der Waals surface area contributed by atoms with E-state index in [-0.39, 0.29) is 18.0 Å². The average Bonchev–Trinajstić information content (AvgIpc) is 2.77. The molecule has 1 saturated heterocycles. The maximum atomic E-state index is 12.5. The van der Waals surface area contributed by atoms with E-state index in [0.29, 0.717) is 42.7 Å². The Balaban J connectivity index is 1.94. The van der Waals surface area contributed by atoms with Crippen LogP contribution in [0.5, 0.6) is 11.5 Å². The van der Waals surface area contributed by atoms with E-state index in [2.05, 4.69) is 17.1 Å². The second-order valence-electron chi connectivity index (χ2n) is 7.43. The number of hydrogen-bond donors (Lipinski definition) is 1. The van der Waals surface area contributed by atoms with Crippen molar-refractivity contribution in [3.8, 4) is 11.5 Å². The van der Waals surface area contributed by atoms with Gasteiger partial charge in [-0.3, -0.25) is 9.59 Å². The number of amides is 1. The Morgan fingerprint density at radius 2 is 1.93 bits per heavy atom. The molecule has 1 N–H and O–H groups in total. The van der Waals surface area contributed by atoms with Gasteiger partial charge in [-0.15, -0.1) is 0 Å². The van der Waals surface area contributed by atoms with Crippen molar-refractivity contribution in [2.24, 2.45) is 0 Å². The van der Waals surface area contributed by atoms with Crippen molar-refractivity contribution < 1.29 is 28.5 Å². The van der Waals surface area contributed by atoms with Gasteiger partial charge in [0.05, 0.1) is 26.4 Å². The number of benzene rings is 1. The van der Waals surface area contributed by atoms with E-state index in [1.165, 1.54) is 7.11 Å². The molecule has 0 radical (unpaired) electrons. The number of piperidine rings is 1. The molecule has 1 aliphatic heterocycles. The van der Waals surface area contributed by atoms with E-state index in [0.717, 1.165) is 32.4 Å². The van der Waals surface area contributed by atoms with Crippen molar-refractivity contribution >= 4 is 11.9 Å². The molecule has 1 fully saturated rings. The highest BCUT2D eigenvalue weighted by molar-refractivity contribution is 5.97. The van der Waals surface area contributed by atoms with Gasteiger partial charge in [0, 0.05) is 45.3 Å². The minimum Gasteiger partial charge on any atom is -0.497 e. The molecule has 0 aliphatic carbocycles. The molecule has 1 aliphatic rings. The fourth-order valence-electron chi connectivity index (χ4n) is 3.50. The van der Waals surface area contributed by atoms with Gasteiger partial charge in [-0.1, -0.05) is 0 Å². The Kier molecular flexibility index (Phi) is 9.89. The molecule has 2 rings (SSSR count). The molecule has 0 unspecified atom stereocenters. The van der Waals surface area contributed by atoms with Crippen LogP contribution in [0.3, 0.4) is 0 Å². The number of hydrogen-bond acceptors (Lipinski definition) is 7. The lowest BCUT2D eigenvalue weighted by atomic mass is 10.0. The zero-order chi connectivity index (χ0) is 21.9. The van der Waals surface area contributed by atoms with E-state index in [1.807, 2.05) is 0 Å². The summed E-state index contributed by atoms with van der Waals surface area (Å²) in [6.45, 7) is 4.78. The van der Waals surface area contributed by atoms with Crippen molar-refractivity contribution in [2.75, 3.05) is 47.6 Å². The predicted molar refractivity (Wildman–Crippen MR) is 113 cm³/mol. The van der Waals surface area contributed by atoms with Gasteiger partial charge in [-0.2, -0.15) is 0 Å². The Labute approximate surface area is 178 Å². The van der Waals surface area contributed by atoms with Gasteiger partial charge in [-0.05, 0) is 38.3 Å². The van der Waals surface area contributed by atoms with Crippen molar-refractivity contribution in [1.82, 2.24) is 10.2 Å². The van der Waals surface area contributed by atoms with Gasteiger partial charge in [0.25, 0.3) is 5.91 Å². The summed E-state index contributed by atoms with van der Waals surface area (Å²) in [5, 5.41) is 2.83. The van der Waals surface area contributed by atoms with Crippen LogP contribution in [0.1, 0.15) is 43.0 Å². The first-order chi connectivity index (χ1) is 14.5. The van der Waals surface area contributed by atoms with Crippen molar-refractivity contribution in [3.05, 3.63) is 23.8 Å². The second-order valence-corrected chi connectivity index (χ2v) is 7.43. The second kappa shape index (κ2) is 12.4.